The first-order chi connectivity index (χ1) is 8.92. The van der Waals surface area contributed by atoms with Crippen molar-refractivity contribution in [1.82, 2.24) is 10.2 Å². The summed E-state index contributed by atoms with van der Waals surface area (Å²) in [6.07, 6.45) is 5.29. The summed E-state index contributed by atoms with van der Waals surface area (Å²) < 4.78 is 6.02. The first-order valence-corrected chi connectivity index (χ1v) is 7.21. The van der Waals surface area contributed by atoms with Crippen molar-refractivity contribution in [2.45, 2.75) is 31.8 Å². The summed E-state index contributed by atoms with van der Waals surface area (Å²) in [5.41, 5.74) is 0. The number of hydrogen-bond acceptors (Lipinski definition) is 5. The van der Waals surface area contributed by atoms with E-state index in [0.29, 0.717) is 12.5 Å². The Balaban J connectivity index is 1.50. The van der Waals surface area contributed by atoms with E-state index in [0.717, 1.165) is 32.0 Å². The lowest BCUT2D eigenvalue weighted by molar-refractivity contribution is -0.0147. The van der Waals surface area contributed by atoms with Crippen LogP contribution in [0.4, 0.5) is 0 Å². The van der Waals surface area contributed by atoms with E-state index >= 15 is 0 Å². The van der Waals surface area contributed by atoms with Gasteiger partial charge in [0.1, 0.15) is 6.10 Å². The number of hydrogen-bond donors (Lipinski definition) is 1. The van der Waals surface area contributed by atoms with Crippen LogP contribution in [-0.4, -0.2) is 56.2 Å². The smallest absolute Gasteiger partial charge is 0.230 e. The summed E-state index contributed by atoms with van der Waals surface area (Å²) >= 11 is 0. The topological polar surface area (TPSA) is 46.1 Å². The highest BCUT2D eigenvalue weighted by Gasteiger charge is 2.29. The van der Waals surface area contributed by atoms with Crippen LogP contribution in [-0.2, 0) is 9.57 Å². The van der Waals surface area contributed by atoms with Gasteiger partial charge in [0.25, 0.3) is 0 Å². The Morgan fingerprint density at radius 2 is 2.17 bits per heavy atom. The molecule has 3 aliphatic heterocycles. The van der Waals surface area contributed by atoms with Gasteiger partial charge in [-0.2, -0.15) is 0 Å². The second-order valence-corrected chi connectivity index (χ2v) is 5.52. The minimum atomic E-state index is 0.163. The monoisotopic (exact) mass is 253 g/mol. The second kappa shape index (κ2) is 5.89. The summed E-state index contributed by atoms with van der Waals surface area (Å²) in [7, 11) is 0. The van der Waals surface area contributed by atoms with Gasteiger partial charge in [-0.3, -0.25) is 4.90 Å². The van der Waals surface area contributed by atoms with Crippen LogP contribution in [0.5, 0.6) is 0 Å². The maximum atomic E-state index is 6.02. The maximum Gasteiger partial charge on any atom is 0.230 e. The number of likely N-dealkylation sites (tertiary alicyclic amines) is 1. The van der Waals surface area contributed by atoms with Crippen molar-refractivity contribution in [1.29, 1.82) is 0 Å². The molecule has 0 spiro atoms. The molecule has 0 saturated carbocycles. The van der Waals surface area contributed by atoms with Gasteiger partial charge < -0.3 is 14.9 Å². The Kier molecular flexibility index (Phi) is 4.00. The molecule has 0 radical (unpaired) electrons. The van der Waals surface area contributed by atoms with Crippen LogP contribution < -0.4 is 5.32 Å². The SMILES string of the molecule is C1CCN(CC2CON=C([C@H]3CCNC3)O2)CC1. The largest absolute Gasteiger partial charge is 0.470 e. The zero-order chi connectivity index (χ0) is 12.2. The van der Waals surface area contributed by atoms with Gasteiger partial charge in [0.2, 0.25) is 5.90 Å². The molecule has 3 aliphatic rings. The molecule has 5 nitrogen and oxygen atoms in total. The molecule has 1 unspecified atom stereocenters. The third-order valence-electron chi connectivity index (χ3n) is 4.02. The molecule has 0 aromatic carbocycles. The van der Waals surface area contributed by atoms with E-state index in [1.165, 1.54) is 32.4 Å². The molecule has 0 bridgehead atoms. The van der Waals surface area contributed by atoms with E-state index in [2.05, 4.69) is 15.4 Å². The van der Waals surface area contributed by atoms with Crippen LogP contribution in [0.2, 0.25) is 0 Å². The summed E-state index contributed by atoms with van der Waals surface area (Å²) in [5, 5.41) is 7.43. The molecular weight excluding hydrogens is 230 g/mol. The lowest BCUT2D eigenvalue weighted by Gasteiger charge is -2.32. The second-order valence-electron chi connectivity index (χ2n) is 5.52. The van der Waals surface area contributed by atoms with E-state index in [1.54, 1.807) is 0 Å². The van der Waals surface area contributed by atoms with Crippen LogP contribution in [0.25, 0.3) is 0 Å². The average Bonchev–Trinajstić information content (AvgIpc) is 2.94. The van der Waals surface area contributed by atoms with E-state index in [9.17, 15) is 0 Å². The molecule has 2 saturated heterocycles. The van der Waals surface area contributed by atoms with Gasteiger partial charge >= 0.3 is 0 Å². The predicted octanol–water partition coefficient (Wildman–Crippen LogP) is 0.811. The fourth-order valence-corrected chi connectivity index (χ4v) is 2.97. The average molecular weight is 253 g/mol. The molecule has 5 heteroatoms. The molecule has 0 aromatic rings. The summed E-state index contributed by atoms with van der Waals surface area (Å²) in [6.45, 7) is 6.02. The van der Waals surface area contributed by atoms with E-state index in [1.807, 2.05) is 0 Å². The van der Waals surface area contributed by atoms with E-state index < -0.39 is 0 Å². The van der Waals surface area contributed by atoms with Crippen LogP contribution in [0.1, 0.15) is 25.7 Å². The van der Waals surface area contributed by atoms with Crippen molar-refractivity contribution in [2.24, 2.45) is 11.1 Å². The number of oxime groups is 1. The van der Waals surface area contributed by atoms with Gasteiger partial charge in [-0.05, 0) is 38.9 Å². The molecule has 0 aromatic heterocycles. The van der Waals surface area contributed by atoms with Crippen molar-refractivity contribution >= 4 is 5.90 Å². The van der Waals surface area contributed by atoms with Gasteiger partial charge in [-0.1, -0.05) is 11.6 Å². The molecule has 102 valence electrons. The van der Waals surface area contributed by atoms with Gasteiger partial charge in [0.15, 0.2) is 6.61 Å². The molecule has 3 rings (SSSR count). The molecule has 3 heterocycles. The Labute approximate surface area is 108 Å². The fraction of sp³-hybridized carbons (Fsp3) is 0.923. The number of piperidine rings is 1. The van der Waals surface area contributed by atoms with Gasteiger partial charge in [0.05, 0.1) is 5.92 Å². The first-order valence-electron chi connectivity index (χ1n) is 7.21. The fourth-order valence-electron chi connectivity index (χ4n) is 2.97. The quantitative estimate of drug-likeness (QED) is 0.808. The number of nitrogens with zero attached hydrogens (tertiary/aromatic N) is 2. The highest BCUT2D eigenvalue weighted by Crippen LogP contribution is 2.18. The standard InChI is InChI=1S/C13H23N3O2/c1-2-6-16(7-3-1)9-12-10-17-15-13(18-12)11-4-5-14-8-11/h11-12,14H,1-10H2/t11-,12?/m0/s1. The van der Waals surface area contributed by atoms with E-state index in [-0.39, 0.29) is 6.10 Å². The van der Waals surface area contributed by atoms with Crippen molar-refractivity contribution in [3.8, 4) is 0 Å². The van der Waals surface area contributed by atoms with Crippen molar-refractivity contribution in [3.63, 3.8) is 0 Å². The van der Waals surface area contributed by atoms with Crippen LogP contribution >= 0.6 is 0 Å². The number of rotatable bonds is 3. The number of nitrogens with one attached hydrogen (secondary N) is 1. The first kappa shape index (κ1) is 12.2. The third kappa shape index (κ3) is 2.95. The lowest BCUT2D eigenvalue weighted by atomic mass is 10.1. The summed E-state index contributed by atoms with van der Waals surface area (Å²) in [4.78, 5) is 7.85. The summed E-state index contributed by atoms with van der Waals surface area (Å²) in [5.74, 6) is 1.22. The Hall–Kier alpha value is -0.810. The zero-order valence-corrected chi connectivity index (χ0v) is 10.9. The van der Waals surface area contributed by atoms with Crippen molar-refractivity contribution < 1.29 is 9.57 Å². The normalized spacial score (nSPS) is 33.7. The molecule has 2 atom stereocenters. The van der Waals surface area contributed by atoms with Crippen LogP contribution in [0.15, 0.2) is 5.16 Å². The summed E-state index contributed by atoms with van der Waals surface area (Å²) in [6, 6.07) is 0. The Bertz CT molecular complexity index is 297. The highest BCUT2D eigenvalue weighted by atomic mass is 16.7. The third-order valence-corrected chi connectivity index (χ3v) is 4.02. The molecule has 18 heavy (non-hydrogen) atoms. The van der Waals surface area contributed by atoms with Crippen molar-refractivity contribution in [2.75, 3.05) is 39.3 Å². The number of ether oxygens (including phenoxy) is 1. The molecule has 2 fully saturated rings. The predicted molar refractivity (Wildman–Crippen MR) is 69.5 cm³/mol. The minimum absolute atomic E-state index is 0.163. The van der Waals surface area contributed by atoms with E-state index in [4.69, 9.17) is 9.57 Å². The Morgan fingerprint density at radius 3 is 2.94 bits per heavy atom. The molecule has 0 aliphatic carbocycles. The Morgan fingerprint density at radius 1 is 1.28 bits per heavy atom. The molecule has 1 N–H and O–H groups in total. The molecule has 0 amide bonds. The van der Waals surface area contributed by atoms with Gasteiger partial charge in [0, 0.05) is 13.1 Å². The highest BCUT2D eigenvalue weighted by molar-refractivity contribution is 5.79. The van der Waals surface area contributed by atoms with Crippen LogP contribution in [0, 0.1) is 5.92 Å². The zero-order valence-electron chi connectivity index (χ0n) is 10.9. The van der Waals surface area contributed by atoms with Gasteiger partial charge in [-0.25, -0.2) is 0 Å². The van der Waals surface area contributed by atoms with Gasteiger partial charge in [-0.15, -0.1) is 0 Å². The molecular formula is C13H23N3O2. The van der Waals surface area contributed by atoms with Crippen molar-refractivity contribution in [3.05, 3.63) is 0 Å². The van der Waals surface area contributed by atoms with Crippen LogP contribution in [0.3, 0.4) is 0 Å². The maximum absolute atomic E-state index is 6.02. The lowest BCUT2D eigenvalue weighted by Crippen LogP contribution is -2.43. The minimum Gasteiger partial charge on any atom is -0.470 e.